The summed E-state index contributed by atoms with van der Waals surface area (Å²) >= 11 is 0. The fourth-order valence-corrected chi connectivity index (χ4v) is 5.42. The van der Waals surface area contributed by atoms with Crippen molar-refractivity contribution in [1.29, 1.82) is 0 Å². The van der Waals surface area contributed by atoms with Crippen molar-refractivity contribution in [3.63, 3.8) is 0 Å². The van der Waals surface area contributed by atoms with Crippen molar-refractivity contribution in [2.24, 2.45) is 10.1 Å². The number of carbonyl (C=O) groups is 2. The number of nitrogens with zero attached hydrogens (tertiary/aromatic N) is 5. The van der Waals surface area contributed by atoms with Crippen molar-refractivity contribution < 1.29 is 22.7 Å². The van der Waals surface area contributed by atoms with Gasteiger partial charge in [-0.15, -0.1) is 4.40 Å². The zero-order chi connectivity index (χ0) is 27.0. The number of nitrogens with two attached hydrogens (primary N) is 1. The van der Waals surface area contributed by atoms with Gasteiger partial charge in [-0.05, 0) is 67.8 Å². The van der Waals surface area contributed by atoms with Gasteiger partial charge in [0, 0.05) is 36.4 Å². The molecule has 1 fully saturated rings. The molecule has 2 aromatic carbocycles. The highest BCUT2D eigenvalue weighted by atomic mass is 32.2. The average Bonchev–Trinajstić information content (AvgIpc) is 3.56. The smallest absolute Gasteiger partial charge is 0.277 e. The minimum atomic E-state index is -3.60. The van der Waals surface area contributed by atoms with Crippen LogP contribution in [0.15, 0.2) is 52.9 Å². The zero-order valence-corrected chi connectivity index (χ0v) is 21.9. The molecule has 11 nitrogen and oxygen atoms in total. The molecule has 0 atom stereocenters. The van der Waals surface area contributed by atoms with Crippen LogP contribution in [-0.2, 0) is 16.4 Å². The van der Waals surface area contributed by atoms with E-state index in [0.717, 1.165) is 32.2 Å². The summed E-state index contributed by atoms with van der Waals surface area (Å²) in [6, 6.07) is 14.1. The summed E-state index contributed by atoms with van der Waals surface area (Å²) in [7, 11) is -2.04. The number of carbonyl (C=O) groups excluding carboxylic acids is 2. The van der Waals surface area contributed by atoms with E-state index in [-0.39, 0.29) is 17.3 Å². The summed E-state index contributed by atoms with van der Waals surface area (Å²) in [6.07, 6.45) is 3.42. The van der Waals surface area contributed by atoms with E-state index in [2.05, 4.69) is 9.50 Å². The van der Waals surface area contributed by atoms with E-state index < -0.39 is 15.9 Å². The van der Waals surface area contributed by atoms with E-state index >= 15 is 0 Å². The number of rotatable bonds is 6. The lowest BCUT2D eigenvalue weighted by atomic mass is 10.0. The number of sulfonamides is 1. The third kappa shape index (κ3) is 4.86. The van der Waals surface area contributed by atoms with Crippen molar-refractivity contribution in [2.45, 2.75) is 19.3 Å². The second kappa shape index (κ2) is 9.93. The number of anilines is 1. The molecule has 0 aliphatic carbocycles. The van der Waals surface area contributed by atoms with Gasteiger partial charge in [0.25, 0.3) is 21.8 Å². The van der Waals surface area contributed by atoms with Crippen LogP contribution in [0.2, 0.25) is 0 Å². The highest BCUT2D eigenvalue weighted by Crippen LogP contribution is 2.30. The largest absolute Gasteiger partial charge is 0.497 e. The van der Waals surface area contributed by atoms with Gasteiger partial charge in [-0.1, -0.05) is 0 Å². The lowest BCUT2D eigenvalue weighted by Crippen LogP contribution is -2.39. The second-order valence-electron chi connectivity index (χ2n) is 9.25. The van der Waals surface area contributed by atoms with Gasteiger partial charge < -0.3 is 20.3 Å². The molecule has 12 heteroatoms. The molecule has 1 saturated heterocycles. The van der Waals surface area contributed by atoms with E-state index in [1.165, 1.54) is 4.68 Å². The van der Waals surface area contributed by atoms with Crippen molar-refractivity contribution in [3.05, 3.63) is 71.0 Å². The number of amides is 2. The first-order chi connectivity index (χ1) is 18.2. The number of primary amides is 1. The summed E-state index contributed by atoms with van der Waals surface area (Å²) < 4.78 is 34.6. The number of hydrogen-bond donors (Lipinski definition) is 1. The molecule has 5 rings (SSSR count). The molecule has 2 N–H and O–H groups in total. The van der Waals surface area contributed by atoms with Crippen molar-refractivity contribution in [3.8, 4) is 11.4 Å². The first kappa shape index (κ1) is 25.5. The third-order valence-electron chi connectivity index (χ3n) is 6.66. The van der Waals surface area contributed by atoms with E-state index in [0.29, 0.717) is 47.1 Å². The van der Waals surface area contributed by atoms with Crippen LogP contribution in [-0.4, -0.2) is 73.7 Å². The standard InChI is InChI=1S/C26H28N6O5S/c1-37-20-11-9-19(10-12-20)32-23-21(22(28-32)24(27)33)13-16-31(26(23)34)18-7-5-17(6-8-18)25(29-38(2,35)36)30-14-3-4-15-30/h5-12H,3-4,13-16H2,1-2H3,(H2,27,33). The molecule has 38 heavy (non-hydrogen) atoms. The molecule has 3 aromatic rings. The number of likely N-dealkylation sites (tertiary alicyclic amines) is 1. The van der Waals surface area contributed by atoms with Gasteiger partial charge in [-0.2, -0.15) is 5.10 Å². The molecule has 0 saturated carbocycles. The Kier molecular flexibility index (Phi) is 6.66. The number of fused-ring (bicyclic) bond motifs is 1. The van der Waals surface area contributed by atoms with Gasteiger partial charge in [-0.3, -0.25) is 9.59 Å². The maximum absolute atomic E-state index is 13.8. The molecule has 2 amide bonds. The van der Waals surface area contributed by atoms with Gasteiger partial charge in [-0.25, -0.2) is 13.1 Å². The van der Waals surface area contributed by atoms with Crippen LogP contribution in [0.4, 0.5) is 5.69 Å². The Hall–Kier alpha value is -4.19. The van der Waals surface area contributed by atoms with E-state index in [4.69, 9.17) is 10.5 Å². The Bertz CT molecular complexity index is 1520. The van der Waals surface area contributed by atoms with Crippen LogP contribution in [0.1, 0.15) is 44.9 Å². The number of benzene rings is 2. The molecule has 0 bridgehead atoms. The number of amidine groups is 1. The topological polar surface area (TPSA) is 140 Å². The van der Waals surface area contributed by atoms with E-state index in [9.17, 15) is 18.0 Å². The van der Waals surface area contributed by atoms with Crippen molar-refractivity contribution >= 4 is 33.4 Å². The molecular weight excluding hydrogens is 508 g/mol. The van der Waals surface area contributed by atoms with Crippen LogP contribution >= 0.6 is 0 Å². The molecule has 0 unspecified atom stereocenters. The Morgan fingerprint density at radius 1 is 1.00 bits per heavy atom. The molecule has 198 valence electrons. The fraction of sp³-hybridized carbons (Fsp3) is 0.308. The first-order valence-corrected chi connectivity index (χ1v) is 14.0. The van der Waals surface area contributed by atoms with Crippen LogP contribution in [0.3, 0.4) is 0 Å². The van der Waals surface area contributed by atoms with Crippen LogP contribution < -0.4 is 15.4 Å². The highest BCUT2D eigenvalue weighted by Gasteiger charge is 2.34. The minimum absolute atomic E-state index is 0.0754. The molecule has 0 spiro atoms. The Morgan fingerprint density at radius 3 is 2.21 bits per heavy atom. The first-order valence-electron chi connectivity index (χ1n) is 12.2. The number of aromatic nitrogens is 2. The Labute approximate surface area is 220 Å². The lowest BCUT2D eigenvalue weighted by molar-refractivity contribution is 0.0972. The predicted molar refractivity (Wildman–Crippen MR) is 143 cm³/mol. The number of methoxy groups -OCH3 is 1. The zero-order valence-electron chi connectivity index (χ0n) is 21.1. The van der Waals surface area contributed by atoms with Gasteiger partial charge in [0.1, 0.15) is 17.3 Å². The summed E-state index contributed by atoms with van der Waals surface area (Å²) in [6.45, 7) is 1.80. The minimum Gasteiger partial charge on any atom is -0.497 e. The summed E-state index contributed by atoms with van der Waals surface area (Å²) in [4.78, 5) is 29.5. The van der Waals surface area contributed by atoms with Gasteiger partial charge >= 0.3 is 0 Å². The molecule has 2 aliphatic heterocycles. The molecule has 3 heterocycles. The van der Waals surface area contributed by atoms with E-state index in [1.54, 1.807) is 60.5 Å². The monoisotopic (exact) mass is 536 g/mol. The summed E-state index contributed by atoms with van der Waals surface area (Å²) in [5.74, 6) is 0.0382. The van der Waals surface area contributed by atoms with Gasteiger partial charge in [0.2, 0.25) is 0 Å². The maximum atomic E-state index is 13.8. The molecule has 0 radical (unpaired) electrons. The molecule has 2 aliphatic rings. The normalized spacial score (nSPS) is 16.1. The van der Waals surface area contributed by atoms with Crippen molar-refractivity contribution in [2.75, 3.05) is 37.9 Å². The van der Waals surface area contributed by atoms with Gasteiger partial charge in [0.15, 0.2) is 5.69 Å². The number of ether oxygens (including phenoxy) is 1. The highest BCUT2D eigenvalue weighted by molar-refractivity contribution is 7.89. The number of hydrogen-bond acceptors (Lipinski definition) is 6. The Balaban J connectivity index is 1.50. The van der Waals surface area contributed by atoms with E-state index in [1.807, 2.05) is 4.90 Å². The lowest BCUT2D eigenvalue weighted by Gasteiger charge is -2.28. The summed E-state index contributed by atoms with van der Waals surface area (Å²) in [5.41, 5.74) is 8.33. The average molecular weight is 537 g/mol. The second-order valence-corrected chi connectivity index (χ2v) is 10.9. The van der Waals surface area contributed by atoms with Crippen LogP contribution in [0.25, 0.3) is 5.69 Å². The fourth-order valence-electron chi connectivity index (χ4n) is 4.88. The molecular formula is C26H28N6O5S. The van der Waals surface area contributed by atoms with Gasteiger partial charge in [0.05, 0.1) is 19.1 Å². The quantitative estimate of drug-likeness (QED) is 0.375. The third-order valence-corrected chi connectivity index (χ3v) is 7.17. The van der Waals surface area contributed by atoms with Crippen molar-refractivity contribution in [1.82, 2.24) is 14.7 Å². The van der Waals surface area contributed by atoms with Crippen LogP contribution in [0.5, 0.6) is 5.75 Å². The maximum Gasteiger partial charge on any atom is 0.277 e. The Morgan fingerprint density at radius 2 is 1.63 bits per heavy atom. The molecule has 1 aromatic heterocycles. The SMILES string of the molecule is COc1ccc(-n2nc(C(N)=O)c3c2C(=O)N(c2ccc(C(=NS(C)(=O)=O)N4CCCC4)cc2)CC3)cc1. The summed E-state index contributed by atoms with van der Waals surface area (Å²) in [5, 5.41) is 4.39. The van der Waals surface area contributed by atoms with Crippen LogP contribution in [0, 0.1) is 0 Å². The predicted octanol–water partition coefficient (Wildman–Crippen LogP) is 1.98.